The minimum absolute atomic E-state index is 0.755. The van der Waals surface area contributed by atoms with Crippen LogP contribution in [0.15, 0.2) is 0 Å². The lowest BCUT2D eigenvalue weighted by atomic mass is 9.98. The molecule has 54 valence electrons. The van der Waals surface area contributed by atoms with E-state index >= 15 is 0 Å². The number of nitrogens with one attached hydrogen (secondary N) is 1. The topological polar surface area (TPSA) is 12.0 Å². The van der Waals surface area contributed by atoms with Gasteiger partial charge in [-0.25, -0.2) is 0 Å². The molecule has 1 N–H and O–H groups in total. The molecule has 1 heteroatoms. The van der Waals surface area contributed by atoms with Crippen molar-refractivity contribution in [3.05, 3.63) is 0 Å². The zero-order chi connectivity index (χ0) is 6.85. The molecule has 1 aliphatic rings. The van der Waals surface area contributed by atoms with Crippen molar-refractivity contribution in [3.63, 3.8) is 0 Å². The largest absolute Gasteiger partial charge is 0.311 e. The van der Waals surface area contributed by atoms with Crippen LogP contribution in [0.4, 0.5) is 0 Å². The third-order valence-electron chi connectivity index (χ3n) is 2.44. The molecule has 1 nitrogen and oxygen atoms in total. The normalized spacial score (nSPS) is 43.7. The molecule has 0 aromatic rings. The lowest BCUT2D eigenvalue weighted by molar-refractivity contribution is 0.463. The molecule has 9 heavy (non-hydrogen) atoms. The van der Waals surface area contributed by atoms with Crippen LogP contribution in [0.2, 0.25) is 0 Å². The Morgan fingerprint density at radius 3 is 2.33 bits per heavy atom. The van der Waals surface area contributed by atoms with Gasteiger partial charge in [0, 0.05) is 12.1 Å². The Labute approximate surface area is 57.8 Å². The highest BCUT2D eigenvalue weighted by atomic mass is 15.0. The third-order valence-corrected chi connectivity index (χ3v) is 2.44. The molecule has 3 unspecified atom stereocenters. The van der Waals surface area contributed by atoms with E-state index in [1.54, 1.807) is 0 Å². The number of hydrogen-bond donors (Lipinski definition) is 1. The van der Waals surface area contributed by atoms with Crippen LogP contribution in [0.3, 0.4) is 0 Å². The summed E-state index contributed by atoms with van der Waals surface area (Å²) >= 11 is 0. The second kappa shape index (κ2) is 2.70. The monoisotopic (exact) mass is 127 g/mol. The van der Waals surface area contributed by atoms with Crippen LogP contribution in [0.25, 0.3) is 0 Å². The van der Waals surface area contributed by atoms with E-state index in [9.17, 15) is 0 Å². The van der Waals surface area contributed by atoms with Crippen molar-refractivity contribution in [2.45, 2.75) is 45.7 Å². The van der Waals surface area contributed by atoms with Gasteiger partial charge in [-0.2, -0.15) is 0 Å². The van der Waals surface area contributed by atoms with Gasteiger partial charge in [0.2, 0.25) is 0 Å². The molecule has 0 spiro atoms. The van der Waals surface area contributed by atoms with Crippen molar-refractivity contribution < 1.29 is 0 Å². The van der Waals surface area contributed by atoms with Crippen LogP contribution >= 0.6 is 0 Å². The summed E-state index contributed by atoms with van der Waals surface area (Å²) in [6.45, 7) is 6.84. The van der Waals surface area contributed by atoms with E-state index in [0.29, 0.717) is 0 Å². The van der Waals surface area contributed by atoms with E-state index < -0.39 is 0 Å². The van der Waals surface area contributed by atoms with Gasteiger partial charge in [-0.3, -0.25) is 0 Å². The summed E-state index contributed by atoms with van der Waals surface area (Å²) in [6.07, 6.45) is 2.70. The average molecular weight is 127 g/mol. The summed E-state index contributed by atoms with van der Waals surface area (Å²) in [5.74, 6) is 0.931. The molecule has 0 radical (unpaired) electrons. The molecule has 1 rings (SSSR count). The zero-order valence-corrected chi connectivity index (χ0v) is 6.65. The summed E-state index contributed by atoms with van der Waals surface area (Å²) < 4.78 is 0. The van der Waals surface area contributed by atoms with E-state index in [1.165, 1.54) is 12.8 Å². The van der Waals surface area contributed by atoms with Crippen LogP contribution in [0.5, 0.6) is 0 Å². The molecule has 3 atom stereocenters. The minimum atomic E-state index is 0.755. The van der Waals surface area contributed by atoms with Crippen LogP contribution in [0, 0.1) is 5.92 Å². The van der Waals surface area contributed by atoms with E-state index in [1.807, 2.05) is 0 Å². The molecule has 1 saturated heterocycles. The van der Waals surface area contributed by atoms with Crippen LogP contribution in [-0.4, -0.2) is 12.1 Å². The Morgan fingerprint density at radius 2 is 2.11 bits per heavy atom. The van der Waals surface area contributed by atoms with Crippen molar-refractivity contribution in [1.82, 2.24) is 5.32 Å². The second-order valence-corrected chi connectivity index (χ2v) is 3.26. The maximum Gasteiger partial charge on any atom is 0.00699 e. The maximum absolute atomic E-state index is 3.52. The Morgan fingerprint density at radius 1 is 1.44 bits per heavy atom. The highest BCUT2D eigenvalue weighted by Crippen LogP contribution is 2.22. The molecule has 0 saturated carbocycles. The van der Waals surface area contributed by atoms with E-state index in [0.717, 1.165) is 18.0 Å². The predicted molar refractivity (Wildman–Crippen MR) is 40.5 cm³/mol. The van der Waals surface area contributed by atoms with Crippen molar-refractivity contribution in [1.29, 1.82) is 0 Å². The van der Waals surface area contributed by atoms with Gasteiger partial charge in [-0.1, -0.05) is 13.3 Å². The van der Waals surface area contributed by atoms with Gasteiger partial charge in [-0.05, 0) is 26.2 Å². The molecule has 0 aromatic carbocycles. The van der Waals surface area contributed by atoms with Gasteiger partial charge >= 0.3 is 0 Å². The first-order valence-corrected chi connectivity index (χ1v) is 4.00. The van der Waals surface area contributed by atoms with Crippen molar-refractivity contribution in [2.75, 3.05) is 0 Å². The molecule has 0 amide bonds. The van der Waals surface area contributed by atoms with Crippen molar-refractivity contribution in [3.8, 4) is 0 Å². The Bertz CT molecular complexity index is 90.6. The first-order chi connectivity index (χ1) is 4.24. The maximum atomic E-state index is 3.52. The lowest BCUT2D eigenvalue weighted by Crippen LogP contribution is -2.26. The van der Waals surface area contributed by atoms with E-state index in [2.05, 4.69) is 26.1 Å². The molecular weight excluding hydrogens is 110 g/mol. The predicted octanol–water partition coefficient (Wildman–Crippen LogP) is 1.78. The average Bonchev–Trinajstić information content (AvgIpc) is 2.10. The fraction of sp³-hybridized carbons (Fsp3) is 1.00. The van der Waals surface area contributed by atoms with Gasteiger partial charge in [0.05, 0.1) is 0 Å². The van der Waals surface area contributed by atoms with E-state index in [4.69, 9.17) is 0 Å². The third kappa shape index (κ3) is 1.45. The van der Waals surface area contributed by atoms with Gasteiger partial charge < -0.3 is 5.32 Å². The summed E-state index contributed by atoms with van der Waals surface area (Å²) in [5.41, 5.74) is 0. The SMILES string of the molecule is CCC1CC(C)NC1C. The molecule has 1 heterocycles. The number of hydrogen-bond acceptors (Lipinski definition) is 1. The van der Waals surface area contributed by atoms with Gasteiger partial charge in [0.25, 0.3) is 0 Å². The molecule has 1 aliphatic heterocycles. The summed E-state index contributed by atoms with van der Waals surface area (Å²) in [6, 6.07) is 1.51. The first-order valence-electron chi connectivity index (χ1n) is 4.00. The second-order valence-electron chi connectivity index (χ2n) is 3.26. The molecular formula is C8H17N. The summed E-state index contributed by atoms with van der Waals surface area (Å²) in [5, 5.41) is 3.52. The fourth-order valence-corrected chi connectivity index (χ4v) is 1.83. The van der Waals surface area contributed by atoms with E-state index in [-0.39, 0.29) is 0 Å². The summed E-state index contributed by atoms with van der Waals surface area (Å²) in [4.78, 5) is 0. The summed E-state index contributed by atoms with van der Waals surface area (Å²) in [7, 11) is 0. The van der Waals surface area contributed by atoms with Gasteiger partial charge in [0.1, 0.15) is 0 Å². The zero-order valence-electron chi connectivity index (χ0n) is 6.65. The minimum Gasteiger partial charge on any atom is -0.311 e. The van der Waals surface area contributed by atoms with Gasteiger partial charge in [-0.15, -0.1) is 0 Å². The van der Waals surface area contributed by atoms with Gasteiger partial charge in [0.15, 0.2) is 0 Å². The standard InChI is InChI=1S/C8H17N/c1-4-8-5-6(2)9-7(8)3/h6-9H,4-5H2,1-3H3. The quantitative estimate of drug-likeness (QED) is 0.566. The highest BCUT2D eigenvalue weighted by molar-refractivity contribution is 4.84. The Kier molecular flexibility index (Phi) is 2.12. The molecule has 1 fully saturated rings. The van der Waals surface area contributed by atoms with Crippen LogP contribution < -0.4 is 5.32 Å². The molecule has 0 aliphatic carbocycles. The fourth-order valence-electron chi connectivity index (χ4n) is 1.83. The molecule has 0 aromatic heterocycles. The Balaban J connectivity index is 2.38. The molecule has 0 bridgehead atoms. The number of rotatable bonds is 1. The van der Waals surface area contributed by atoms with Crippen molar-refractivity contribution >= 4 is 0 Å². The van der Waals surface area contributed by atoms with Crippen LogP contribution in [-0.2, 0) is 0 Å². The first kappa shape index (κ1) is 7.07. The van der Waals surface area contributed by atoms with Crippen LogP contribution in [0.1, 0.15) is 33.6 Å². The lowest BCUT2D eigenvalue weighted by Gasteiger charge is -2.10. The smallest absolute Gasteiger partial charge is 0.00699 e. The van der Waals surface area contributed by atoms with Crippen molar-refractivity contribution in [2.24, 2.45) is 5.92 Å². The highest BCUT2D eigenvalue weighted by Gasteiger charge is 2.25. The Hall–Kier alpha value is -0.0400.